The first-order valence-electron chi connectivity index (χ1n) is 10.2. The Bertz CT molecular complexity index is 929. The Kier molecular flexibility index (Phi) is 4.69. The second-order valence-electron chi connectivity index (χ2n) is 8.11. The summed E-state index contributed by atoms with van der Waals surface area (Å²) in [4.78, 5) is 15.8. The average molecular weight is 395 g/mol. The summed E-state index contributed by atoms with van der Waals surface area (Å²) < 4.78 is 1.93. The summed E-state index contributed by atoms with van der Waals surface area (Å²) in [6.07, 6.45) is 3.27. The van der Waals surface area contributed by atoms with E-state index in [0.717, 1.165) is 29.8 Å². The summed E-state index contributed by atoms with van der Waals surface area (Å²) in [5.74, 6) is 0.616. The summed E-state index contributed by atoms with van der Waals surface area (Å²) in [6.45, 7) is 4.03. The molecule has 0 spiro atoms. The van der Waals surface area contributed by atoms with Crippen LogP contribution in [0.4, 0.5) is 4.79 Å². The number of hydrogen-bond acceptors (Lipinski definition) is 2. The zero-order valence-corrected chi connectivity index (χ0v) is 16.7. The van der Waals surface area contributed by atoms with E-state index in [0.29, 0.717) is 17.5 Å². The van der Waals surface area contributed by atoms with Crippen molar-refractivity contribution in [3.05, 3.63) is 70.2 Å². The molecule has 4 aliphatic rings. The molecule has 2 amide bonds. The van der Waals surface area contributed by atoms with Gasteiger partial charge in [0.1, 0.15) is 11.8 Å². The van der Waals surface area contributed by atoms with E-state index in [1.807, 2.05) is 34.9 Å². The van der Waals surface area contributed by atoms with Crippen molar-refractivity contribution in [2.45, 2.75) is 25.3 Å². The van der Waals surface area contributed by atoms with Crippen molar-refractivity contribution < 1.29 is 9.37 Å². The Balaban J connectivity index is 1.52. The summed E-state index contributed by atoms with van der Waals surface area (Å²) in [5, 5.41) is 4.07. The Morgan fingerprint density at radius 2 is 1.82 bits per heavy atom. The minimum absolute atomic E-state index is 0.0261. The Hall–Kier alpha value is -2.17. The van der Waals surface area contributed by atoms with E-state index < -0.39 is 0 Å². The van der Waals surface area contributed by atoms with Crippen LogP contribution in [0.3, 0.4) is 0 Å². The van der Waals surface area contributed by atoms with Gasteiger partial charge < -0.3 is 0 Å². The molecule has 1 atom stereocenters. The third-order valence-corrected chi connectivity index (χ3v) is 6.73. The number of hydrogen-bond donors (Lipinski definition) is 1. The summed E-state index contributed by atoms with van der Waals surface area (Å²) in [6, 6.07) is 16.5. The lowest BCUT2D eigenvalue weighted by molar-refractivity contribution is -0.430. The maximum Gasteiger partial charge on any atom is 0.491 e. The van der Waals surface area contributed by atoms with E-state index in [2.05, 4.69) is 28.4 Å². The lowest BCUT2D eigenvalue weighted by Crippen LogP contribution is -2.58. The highest BCUT2D eigenvalue weighted by Crippen LogP contribution is 2.28. The van der Waals surface area contributed by atoms with Gasteiger partial charge in [-0.2, -0.15) is 9.37 Å². The quantitative estimate of drug-likeness (QED) is 0.790. The van der Waals surface area contributed by atoms with Crippen LogP contribution in [-0.4, -0.2) is 53.4 Å². The van der Waals surface area contributed by atoms with Crippen LogP contribution in [0.5, 0.6) is 0 Å². The monoisotopic (exact) mass is 394 g/mol. The number of nitrogens with zero attached hydrogens (tertiary/aromatic N) is 2. The molecule has 0 aromatic heterocycles. The maximum atomic E-state index is 13.4. The molecular formula is C23H25ClN3O+. The first-order chi connectivity index (χ1) is 13.7. The van der Waals surface area contributed by atoms with Crippen molar-refractivity contribution in [2.75, 3.05) is 26.2 Å². The molecule has 3 fully saturated rings. The van der Waals surface area contributed by atoms with E-state index >= 15 is 0 Å². The normalized spacial score (nSPS) is 26.1. The van der Waals surface area contributed by atoms with Crippen LogP contribution < -0.4 is 5.32 Å². The van der Waals surface area contributed by atoms with Crippen molar-refractivity contribution in [2.24, 2.45) is 5.92 Å². The van der Waals surface area contributed by atoms with Gasteiger partial charge in [-0.1, -0.05) is 35.9 Å². The van der Waals surface area contributed by atoms with Crippen molar-refractivity contribution in [3.8, 4) is 0 Å². The van der Waals surface area contributed by atoms with Gasteiger partial charge in [-0.05, 0) is 55.8 Å². The van der Waals surface area contributed by atoms with Gasteiger partial charge in [0.05, 0.1) is 6.54 Å². The summed E-state index contributed by atoms with van der Waals surface area (Å²) in [7, 11) is 0. The summed E-state index contributed by atoms with van der Waals surface area (Å²) in [5.41, 5.74) is 4.44. The Morgan fingerprint density at radius 3 is 2.54 bits per heavy atom. The Morgan fingerprint density at radius 1 is 1.07 bits per heavy atom. The van der Waals surface area contributed by atoms with Crippen molar-refractivity contribution in [3.63, 3.8) is 0 Å². The fraction of sp³-hybridized carbons (Fsp3) is 0.391. The molecule has 144 valence electrons. The number of urea groups is 1. The fourth-order valence-corrected chi connectivity index (χ4v) is 5.07. The third-order valence-electron chi connectivity index (χ3n) is 6.47. The van der Waals surface area contributed by atoms with E-state index in [1.54, 1.807) is 0 Å². The number of amides is 2. The van der Waals surface area contributed by atoms with Gasteiger partial charge in [-0.3, -0.25) is 4.90 Å². The maximum absolute atomic E-state index is 13.4. The van der Waals surface area contributed by atoms with Gasteiger partial charge in [-0.25, -0.2) is 5.32 Å². The van der Waals surface area contributed by atoms with E-state index in [9.17, 15) is 4.79 Å². The molecule has 6 rings (SSSR count). The minimum atomic E-state index is 0.0261. The molecule has 1 N–H and O–H groups in total. The number of carbonyl (C=O) groups is 1. The standard InChI is InChI=1S/C23H24ClN3O/c24-19-7-5-18(6-8-19)22-20-4-2-1-3-16(20)11-14-27(22)23(28)25-21-15-26-12-9-17(21)10-13-26/h1-8,17,21H,9-15H2/p+1/t21-/m1/s1. The molecule has 2 bridgehead atoms. The highest BCUT2D eigenvalue weighted by atomic mass is 35.5. The molecule has 0 radical (unpaired) electrons. The van der Waals surface area contributed by atoms with Crippen LogP contribution in [0.1, 0.15) is 29.5 Å². The molecule has 5 heteroatoms. The van der Waals surface area contributed by atoms with Crippen molar-refractivity contribution >= 4 is 23.3 Å². The van der Waals surface area contributed by atoms with Gasteiger partial charge in [0.15, 0.2) is 0 Å². The highest BCUT2D eigenvalue weighted by Gasteiger charge is 2.39. The largest absolute Gasteiger partial charge is 0.491 e. The molecule has 2 aromatic rings. The smallest absolute Gasteiger partial charge is 0.299 e. The SMILES string of the molecule is O=C(N[C@@H]1CN2CCC1CC2)[N+]1=C(c2ccc(Cl)cc2)c2ccccc2CC1. The van der Waals surface area contributed by atoms with Gasteiger partial charge in [0, 0.05) is 35.0 Å². The Labute approximate surface area is 170 Å². The number of fused-ring (bicyclic) bond motifs is 4. The molecule has 4 aliphatic heterocycles. The molecule has 0 saturated carbocycles. The molecule has 4 heterocycles. The topological polar surface area (TPSA) is 35.4 Å². The van der Waals surface area contributed by atoms with E-state index in [1.165, 1.54) is 31.5 Å². The lowest BCUT2D eigenvalue weighted by Gasteiger charge is -2.42. The molecule has 2 aromatic carbocycles. The van der Waals surface area contributed by atoms with Crippen molar-refractivity contribution in [1.82, 2.24) is 10.2 Å². The predicted molar refractivity (Wildman–Crippen MR) is 111 cm³/mol. The van der Waals surface area contributed by atoms with Gasteiger partial charge in [-0.15, -0.1) is 0 Å². The second-order valence-corrected chi connectivity index (χ2v) is 8.54. The van der Waals surface area contributed by atoms with Crippen LogP contribution in [0.25, 0.3) is 0 Å². The van der Waals surface area contributed by atoms with Crippen molar-refractivity contribution in [1.29, 1.82) is 0 Å². The molecule has 3 saturated heterocycles. The zero-order valence-electron chi connectivity index (χ0n) is 15.9. The first-order valence-corrected chi connectivity index (χ1v) is 10.6. The van der Waals surface area contributed by atoms with Gasteiger partial charge >= 0.3 is 6.03 Å². The molecule has 0 unspecified atom stereocenters. The summed E-state index contributed by atoms with van der Waals surface area (Å²) >= 11 is 6.11. The van der Waals surface area contributed by atoms with Crippen LogP contribution >= 0.6 is 11.6 Å². The predicted octanol–water partition coefficient (Wildman–Crippen LogP) is 3.55. The highest BCUT2D eigenvalue weighted by molar-refractivity contribution is 6.30. The van der Waals surface area contributed by atoms with Crippen LogP contribution in [0, 0.1) is 5.92 Å². The molecular weight excluding hydrogens is 370 g/mol. The molecule has 4 nitrogen and oxygen atoms in total. The number of rotatable bonds is 2. The van der Waals surface area contributed by atoms with E-state index in [-0.39, 0.29) is 12.1 Å². The van der Waals surface area contributed by atoms with Crippen LogP contribution in [0.15, 0.2) is 48.5 Å². The number of carbonyl (C=O) groups excluding carboxylic acids is 1. The number of piperidine rings is 3. The number of halogens is 1. The molecule has 0 aliphatic carbocycles. The van der Waals surface area contributed by atoms with Crippen LogP contribution in [-0.2, 0) is 6.42 Å². The average Bonchev–Trinajstić information content (AvgIpc) is 2.74. The third kappa shape index (κ3) is 3.25. The zero-order chi connectivity index (χ0) is 19.1. The second kappa shape index (κ2) is 7.34. The number of benzene rings is 2. The van der Waals surface area contributed by atoms with Gasteiger partial charge in [0.25, 0.3) is 0 Å². The first kappa shape index (κ1) is 17.9. The fourth-order valence-electron chi connectivity index (χ4n) is 4.95. The van der Waals surface area contributed by atoms with Crippen LogP contribution in [0.2, 0.25) is 5.02 Å². The minimum Gasteiger partial charge on any atom is -0.299 e. The molecule has 28 heavy (non-hydrogen) atoms. The lowest BCUT2D eigenvalue weighted by atomic mass is 9.84. The number of nitrogens with one attached hydrogen (secondary N) is 1. The van der Waals surface area contributed by atoms with E-state index in [4.69, 9.17) is 11.6 Å². The van der Waals surface area contributed by atoms with Gasteiger partial charge in [0.2, 0.25) is 0 Å².